The van der Waals surface area contributed by atoms with E-state index >= 15 is 0 Å². The SMILES string of the molecule is O=S(=O)(CNc1ccnc2c1cnn2-c1ccccc1)c1ccc(F)cc1. The minimum absolute atomic E-state index is 0.0571. The summed E-state index contributed by atoms with van der Waals surface area (Å²) >= 11 is 0. The maximum absolute atomic E-state index is 13.0. The highest BCUT2D eigenvalue weighted by Gasteiger charge is 2.16. The number of benzene rings is 2. The van der Waals surface area contributed by atoms with Gasteiger partial charge in [-0.1, -0.05) is 18.2 Å². The fourth-order valence-electron chi connectivity index (χ4n) is 2.74. The third kappa shape index (κ3) is 3.39. The number of hydrogen-bond donors (Lipinski definition) is 1. The summed E-state index contributed by atoms with van der Waals surface area (Å²) in [5.41, 5.74) is 2.08. The zero-order valence-electron chi connectivity index (χ0n) is 14.1. The van der Waals surface area contributed by atoms with E-state index in [0.29, 0.717) is 16.7 Å². The number of rotatable bonds is 5. The number of hydrogen-bond acceptors (Lipinski definition) is 5. The molecule has 0 unspecified atom stereocenters. The van der Waals surface area contributed by atoms with Crippen LogP contribution in [-0.4, -0.2) is 29.1 Å². The molecule has 2 aromatic carbocycles. The molecule has 2 heterocycles. The van der Waals surface area contributed by atoms with E-state index in [1.165, 1.54) is 12.1 Å². The molecule has 0 atom stereocenters. The van der Waals surface area contributed by atoms with Crippen LogP contribution in [0.1, 0.15) is 0 Å². The van der Waals surface area contributed by atoms with Crippen LogP contribution in [0.25, 0.3) is 16.7 Å². The molecule has 136 valence electrons. The Morgan fingerprint density at radius 2 is 1.74 bits per heavy atom. The van der Waals surface area contributed by atoms with Gasteiger partial charge in [0.05, 0.1) is 22.2 Å². The van der Waals surface area contributed by atoms with Crippen molar-refractivity contribution < 1.29 is 12.8 Å². The van der Waals surface area contributed by atoms with Crippen LogP contribution in [0, 0.1) is 5.82 Å². The van der Waals surface area contributed by atoms with Crippen molar-refractivity contribution in [3.8, 4) is 5.69 Å². The van der Waals surface area contributed by atoms with E-state index in [2.05, 4.69) is 15.4 Å². The number of fused-ring (bicyclic) bond motifs is 1. The maximum atomic E-state index is 13.0. The molecule has 0 radical (unpaired) electrons. The Kier molecular flexibility index (Phi) is 4.33. The number of sulfone groups is 1. The summed E-state index contributed by atoms with van der Waals surface area (Å²) in [5, 5.41) is 8.00. The van der Waals surface area contributed by atoms with E-state index in [4.69, 9.17) is 0 Å². The van der Waals surface area contributed by atoms with Crippen LogP contribution in [0.5, 0.6) is 0 Å². The third-order valence-corrected chi connectivity index (χ3v) is 5.61. The largest absolute Gasteiger partial charge is 0.371 e. The lowest BCUT2D eigenvalue weighted by molar-refractivity contribution is 0.596. The van der Waals surface area contributed by atoms with Gasteiger partial charge >= 0.3 is 0 Å². The van der Waals surface area contributed by atoms with Gasteiger partial charge in [-0.15, -0.1) is 0 Å². The number of nitrogens with one attached hydrogen (secondary N) is 1. The van der Waals surface area contributed by atoms with E-state index in [1.807, 2.05) is 30.3 Å². The van der Waals surface area contributed by atoms with Gasteiger partial charge in [-0.3, -0.25) is 0 Å². The smallest absolute Gasteiger partial charge is 0.196 e. The molecule has 0 bridgehead atoms. The molecule has 0 fully saturated rings. The van der Waals surface area contributed by atoms with E-state index in [9.17, 15) is 12.8 Å². The van der Waals surface area contributed by atoms with E-state index < -0.39 is 15.7 Å². The number of para-hydroxylation sites is 1. The van der Waals surface area contributed by atoms with Crippen molar-refractivity contribution in [3.05, 3.63) is 78.9 Å². The van der Waals surface area contributed by atoms with Gasteiger partial charge in [0.2, 0.25) is 0 Å². The molecule has 0 aliphatic heterocycles. The van der Waals surface area contributed by atoms with Gasteiger partial charge in [0.1, 0.15) is 11.7 Å². The second kappa shape index (κ2) is 6.81. The Labute approximate surface area is 155 Å². The predicted octanol–water partition coefficient (Wildman–Crippen LogP) is 3.40. The number of pyridine rings is 1. The van der Waals surface area contributed by atoms with Crippen molar-refractivity contribution in [1.82, 2.24) is 14.8 Å². The number of anilines is 1. The summed E-state index contributed by atoms with van der Waals surface area (Å²) in [6.45, 7) is 0. The van der Waals surface area contributed by atoms with Gasteiger partial charge in [-0.25, -0.2) is 22.5 Å². The van der Waals surface area contributed by atoms with E-state index in [1.54, 1.807) is 23.1 Å². The first-order chi connectivity index (χ1) is 13.0. The summed E-state index contributed by atoms with van der Waals surface area (Å²) in [5.74, 6) is -0.806. The molecule has 4 rings (SSSR count). The fourth-order valence-corrected chi connectivity index (χ4v) is 3.80. The molecule has 0 amide bonds. The molecule has 2 aromatic heterocycles. The van der Waals surface area contributed by atoms with Crippen molar-refractivity contribution in [2.75, 3.05) is 11.2 Å². The summed E-state index contributed by atoms with van der Waals surface area (Å²) in [6.07, 6.45) is 3.23. The van der Waals surface area contributed by atoms with Gasteiger partial charge in [-0.05, 0) is 42.5 Å². The molecule has 8 heteroatoms. The highest BCUT2D eigenvalue weighted by molar-refractivity contribution is 7.91. The topological polar surface area (TPSA) is 76.9 Å². The zero-order valence-corrected chi connectivity index (χ0v) is 14.9. The lowest BCUT2D eigenvalue weighted by atomic mass is 10.3. The Balaban J connectivity index is 1.63. The van der Waals surface area contributed by atoms with Crippen molar-refractivity contribution in [1.29, 1.82) is 0 Å². The lowest BCUT2D eigenvalue weighted by Crippen LogP contribution is -2.15. The molecule has 1 N–H and O–H groups in total. The minimum Gasteiger partial charge on any atom is -0.371 e. The Bertz CT molecular complexity index is 1190. The van der Waals surface area contributed by atoms with Crippen LogP contribution in [0.4, 0.5) is 10.1 Å². The summed E-state index contributed by atoms with van der Waals surface area (Å²) in [7, 11) is -3.61. The summed E-state index contributed by atoms with van der Waals surface area (Å²) in [6, 6.07) is 16.0. The second-order valence-electron chi connectivity index (χ2n) is 5.88. The normalized spacial score (nSPS) is 11.6. The Morgan fingerprint density at radius 3 is 2.48 bits per heavy atom. The average Bonchev–Trinajstić information content (AvgIpc) is 3.12. The molecule has 27 heavy (non-hydrogen) atoms. The van der Waals surface area contributed by atoms with Gasteiger partial charge in [-0.2, -0.15) is 5.10 Å². The molecule has 0 spiro atoms. The van der Waals surface area contributed by atoms with Gasteiger partial charge < -0.3 is 5.32 Å². The fraction of sp³-hybridized carbons (Fsp3) is 0.0526. The Hall–Kier alpha value is -3.26. The average molecular weight is 382 g/mol. The maximum Gasteiger partial charge on any atom is 0.196 e. The molecule has 0 aliphatic carbocycles. The van der Waals surface area contributed by atoms with E-state index in [-0.39, 0.29) is 10.8 Å². The van der Waals surface area contributed by atoms with Gasteiger partial charge in [0.25, 0.3) is 0 Å². The summed E-state index contributed by atoms with van der Waals surface area (Å²) in [4.78, 5) is 4.42. The van der Waals surface area contributed by atoms with Crippen molar-refractivity contribution in [2.24, 2.45) is 0 Å². The molecular formula is C19H15FN4O2S. The first kappa shape index (κ1) is 17.2. The lowest BCUT2D eigenvalue weighted by Gasteiger charge is -2.09. The van der Waals surface area contributed by atoms with Crippen LogP contribution >= 0.6 is 0 Å². The van der Waals surface area contributed by atoms with Crippen LogP contribution in [0.15, 0.2) is 78.0 Å². The number of aromatic nitrogens is 3. The second-order valence-corrected chi connectivity index (χ2v) is 7.87. The van der Waals surface area contributed by atoms with Crippen molar-refractivity contribution in [2.45, 2.75) is 4.90 Å². The van der Waals surface area contributed by atoms with Crippen LogP contribution in [0.2, 0.25) is 0 Å². The monoisotopic (exact) mass is 382 g/mol. The zero-order chi connectivity index (χ0) is 18.9. The first-order valence-electron chi connectivity index (χ1n) is 8.15. The van der Waals surface area contributed by atoms with Crippen molar-refractivity contribution in [3.63, 3.8) is 0 Å². The molecular weight excluding hydrogens is 367 g/mol. The summed E-state index contributed by atoms with van der Waals surface area (Å²) < 4.78 is 39.6. The predicted molar refractivity (Wildman–Crippen MR) is 101 cm³/mol. The van der Waals surface area contributed by atoms with Gasteiger partial charge in [0, 0.05) is 11.9 Å². The molecule has 6 nitrogen and oxygen atoms in total. The number of nitrogens with zero attached hydrogens (tertiary/aromatic N) is 3. The standard InChI is InChI=1S/C19H15FN4O2S/c20-14-6-8-16(9-7-14)27(25,26)13-22-18-10-11-21-19-17(18)12-23-24(19)15-4-2-1-3-5-15/h1-12H,13H2,(H,21,22). The highest BCUT2D eigenvalue weighted by atomic mass is 32.2. The quantitative estimate of drug-likeness (QED) is 0.535. The number of halogens is 1. The first-order valence-corrected chi connectivity index (χ1v) is 9.80. The minimum atomic E-state index is -3.61. The van der Waals surface area contributed by atoms with Gasteiger partial charge in [0.15, 0.2) is 15.5 Å². The molecule has 0 saturated heterocycles. The van der Waals surface area contributed by atoms with Crippen LogP contribution in [0.3, 0.4) is 0 Å². The molecule has 4 aromatic rings. The molecule has 0 saturated carbocycles. The van der Waals surface area contributed by atoms with Crippen LogP contribution < -0.4 is 5.32 Å². The molecule has 0 aliphatic rings. The van der Waals surface area contributed by atoms with E-state index in [0.717, 1.165) is 17.8 Å². The third-order valence-electron chi connectivity index (χ3n) is 4.10. The Morgan fingerprint density at radius 1 is 1.00 bits per heavy atom. The van der Waals surface area contributed by atoms with Crippen molar-refractivity contribution >= 4 is 26.6 Å². The highest BCUT2D eigenvalue weighted by Crippen LogP contribution is 2.24. The van der Waals surface area contributed by atoms with Crippen LogP contribution in [-0.2, 0) is 9.84 Å².